The van der Waals surface area contributed by atoms with E-state index >= 15 is 0 Å². The van der Waals surface area contributed by atoms with Gasteiger partial charge < -0.3 is 0 Å². The third-order valence-corrected chi connectivity index (χ3v) is 5.24. The lowest BCUT2D eigenvalue weighted by molar-refractivity contribution is 0.135. The standard InChI is InChI=1S/C21H28ClN.ClH/c1-20(2,21(3,4)22)17-23(15-18-11-7-5-8-12-18)16-19-13-9-6-10-14-19;/h5-14H,15-17H2,1-4H3;1H. The van der Waals surface area contributed by atoms with Crippen LogP contribution in [0.5, 0.6) is 0 Å². The molecule has 0 saturated heterocycles. The van der Waals surface area contributed by atoms with Crippen molar-refractivity contribution in [3.05, 3.63) is 71.8 Å². The zero-order chi connectivity index (χ0) is 16.9. The van der Waals surface area contributed by atoms with Crippen LogP contribution in [0.2, 0.25) is 0 Å². The molecule has 2 aromatic rings. The highest BCUT2D eigenvalue weighted by atomic mass is 35.5. The molecule has 0 fully saturated rings. The first-order chi connectivity index (χ1) is 10.8. The molecule has 0 aliphatic rings. The maximum absolute atomic E-state index is 6.65. The Kier molecular flexibility index (Phi) is 7.79. The summed E-state index contributed by atoms with van der Waals surface area (Å²) in [6, 6.07) is 21.3. The van der Waals surface area contributed by atoms with Gasteiger partial charge in [0.2, 0.25) is 0 Å². The van der Waals surface area contributed by atoms with E-state index in [4.69, 9.17) is 11.6 Å². The van der Waals surface area contributed by atoms with Gasteiger partial charge in [0, 0.05) is 24.5 Å². The van der Waals surface area contributed by atoms with Gasteiger partial charge in [-0.3, -0.25) is 4.90 Å². The van der Waals surface area contributed by atoms with Crippen molar-refractivity contribution in [2.75, 3.05) is 6.54 Å². The summed E-state index contributed by atoms with van der Waals surface area (Å²) in [4.78, 5) is 2.24. The second-order valence-corrected chi connectivity index (χ2v) is 8.42. The van der Waals surface area contributed by atoms with Gasteiger partial charge in [0.15, 0.2) is 0 Å². The van der Waals surface area contributed by atoms with Crippen molar-refractivity contribution < 1.29 is 0 Å². The molecule has 0 saturated carbocycles. The Morgan fingerprint density at radius 1 is 0.750 bits per heavy atom. The topological polar surface area (TPSA) is 3.24 Å². The number of halogens is 2. The molecule has 0 unspecified atom stereocenters. The number of hydrogen-bond donors (Lipinski definition) is 0. The van der Waals surface area contributed by atoms with Crippen molar-refractivity contribution in [3.63, 3.8) is 0 Å². The number of hydrogen-bond acceptors (Lipinski definition) is 1. The Balaban J connectivity index is 0.00000288. The average Bonchev–Trinajstić information content (AvgIpc) is 2.47. The van der Waals surface area contributed by atoms with E-state index in [1.165, 1.54) is 11.1 Å². The Morgan fingerprint density at radius 2 is 1.12 bits per heavy atom. The quantitative estimate of drug-likeness (QED) is 0.531. The Labute approximate surface area is 158 Å². The van der Waals surface area contributed by atoms with E-state index in [2.05, 4.69) is 93.3 Å². The van der Waals surface area contributed by atoms with Gasteiger partial charge in [-0.1, -0.05) is 74.5 Å². The van der Waals surface area contributed by atoms with Gasteiger partial charge in [-0.25, -0.2) is 0 Å². The van der Waals surface area contributed by atoms with Crippen LogP contribution in [0.25, 0.3) is 0 Å². The molecule has 0 amide bonds. The van der Waals surface area contributed by atoms with Crippen LogP contribution in [0, 0.1) is 5.41 Å². The fourth-order valence-electron chi connectivity index (χ4n) is 2.60. The van der Waals surface area contributed by atoms with E-state index in [-0.39, 0.29) is 22.7 Å². The van der Waals surface area contributed by atoms with Crippen LogP contribution in [-0.4, -0.2) is 16.3 Å². The van der Waals surface area contributed by atoms with Gasteiger partial charge in [-0.2, -0.15) is 0 Å². The Morgan fingerprint density at radius 3 is 1.46 bits per heavy atom. The minimum absolute atomic E-state index is 0. The van der Waals surface area contributed by atoms with Gasteiger partial charge in [-0.05, 0) is 30.4 Å². The summed E-state index contributed by atoms with van der Waals surface area (Å²) in [6.45, 7) is 11.5. The van der Waals surface area contributed by atoms with Gasteiger partial charge in [-0.15, -0.1) is 24.0 Å². The van der Waals surface area contributed by atoms with Crippen molar-refractivity contribution in [2.24, 2.45) is 5.41 Å². The zero-order valence-corrected chi connectivity index (χ0v) is 16.7. The highest BCUT2D eigenvalue weighted by Gasteiger charge is 2.36. The van der Waals surface area contributed by atoms with Crippen LogP contribution in [0.1, 0.15) is 38.8 Å². The summed E-state index contributed by atoms with van der Waals surface area (Å²) in [5, 5.41) is 0. The summed E-state index contributed by atoms with van der Waals surface area (Å²) in [7, 11) is 0. The molecule has 0 bridgehead atoms. The van der Waals surface area contributed by atoms with E-state index in [1.807, 2.05) is 0 Å². The number of benzene rings is 2. The maximum atomic E-state index is 6.65. The molecule has 0 radical (unpaired) electrons. The predicted molar refractivity (Wildman–Crippen MR) is 108 cm³/mol. The van der Waals surface area contributed by atoms with Crippen LogP contribution in [0.3, 0.4) is 0 Å². The first-order valence-corrected chi connectivity index (χ1v) is 8.65. The van der Waals surface area contributed by atoms with Crippen molar-refractivity contribution in [2.45, 2.75) is 45.7 Å². The average molecular weight is 366 g/mol. The minimum Gasteiger partial charge on any atom is -0.294 e. The number of alkyl halides is 1. The molecular formula is C21H29Cl2N. The summed E-state index contributed by atoms with van der Waals surface area (Å²) in [5.41, 5.74) is 2.69. The van der Waals surface area contributed by atoms with E-state index in [0.29, 0.717) is 0 Å². The van der Waals surface area contributed by atoms with Crippen LogP contribution in [0.4, 0.5) is 0 Å². The maximum Gasteiger partial charge on any atom is 0.0453 e. The molecule has 1 nitrogen and oxygen atoms in total. The monoisotopic (exact) mass is 365 g/mol. The molecule has 0 spiro atoms. The summed E-state index contributed by atoms with van der Waals surface area (Å²) in [5.74, 6) is 0. The van der Waals surface area contributed by atoms with Crippen LogP contribution in [0.15, 0.2) is 60.7 Å². The summed E-state index contributed by atoms with van der Waals surface area (Å²) < 4.78 is 0. The third kappa shape index (κ3) is 6.12. The Hall–Kier alpha value is -1.02. The highest BCUT2D eigenvalue weighted by Crippen LogP contribution is 2.37. The molecular weight excluding hydrogens is 337 g/mol. The van der Waals surface area contributed by atoms with Crippen LogP contribution < -0.4 is 0 Å². The smallest absolute Gasteiger partial charge is 0.0453 e. The largest absolute Gasteiger partial charge is 0.294 e. The van der Waals surface area contributed by atoms with Crippen molar-refractivity contribution in [3.8, 4) is 0 Å². The van der Waals surface area contributed by atoms with Crippen molar-refractivity contribution >= 4 is 24.0 Å². The van der Waals surface area contributed by atoms with Crippen molar-refractivity contribution in [1.29, 1.82) is 0 Å². The lowest BCUT2D eigenvalue weighted by Gasteiger charge is -2.41. The van der Waals surface area contributed by atoms with Crippen LogP contribution in [-0.2, 0) is 13.1 Å². The van der Waals surface area contributed by atoms with E-state index < -0.39 is 0 Å². The fraction of sp³-hybridized carbons (Fsp3) is 0.429. The van der Waals surface area contributed by atoms with Crippen molar-refractivity contribution in [1.82, 2.24) is 4.90 Å². The van der Waals surface area contributed by atoms with Crippen LogP contribution >= 0.6 is 24.0 Å². The van der Waals surface area contributed by atoms with Gasteiger partial charge in [0.25, 0.3) is 0 Å². The summed E-state index contributed by atoms with van der Waals surface area (Å²) in [6.07, 6.45) is 0. The van der Waals surface area contributed by atoms with Gasteiger partial charge in [0.05, 0.1) is 0 Å². The third-order valence-electron chi connectivity index (χ3n) is 4.73. The molecule has 2 rings (SSSR count). The summed E-state index contributed by atoms with van der Waals surface area (Å²) >= 11 is 6.65. The fourth-order valence-corrected chi connectivity index (χ4v) is 2.66. The number of nitrogens with zero attached hydrogens (tertiary/aromatic N) is 1. The lowest BCUT2D eigenvalue weighted by atomic mass is 9.79. The molecule has 0 aliphatic carbocycles. The van der Waals surface area contributed by atoms with Gasteiger partial charge in [0.1, 0.15) is 0 Å². The molecule has 24 heavy (non-hydrogen) atoms. The molecule has 132 valence electrons. The second kappa shape index (κ2) is 8.89. The molecule has 0 N–H and O–H groups in total. The first-order valence-electron chi connectivity index (χ1n) is 8.27. The molecule has 0 heterocycles. The van der Waals surface area contributed by atoms with Gasteiger partial charge >= 0.3 is 0 Å². The molecule has 3 heteroatoms. The van der Waals surface area contributed by atoms with E-state index in [9.17, 15) is 0 Å². The minimum atomic E-state index is -0.251. The Bertz CT molecular complexity index is 547. The molecule has 2 aromatic carbocycles. The second-order valence-electron chi connectivity index (χ2n) is 7.47. The normalized spacial score (nSPS) is 12.1. The highest BCUT2D eigenvalue weighted by molar-refractivity contribution is 6.23. The number of rotatable bonds is 7. The molecule has 0 aliphatic heterocycles. The zero-order valence-electron chi connectivity index (χ0n) is 15.1. The predicted octanol–water partition coefficient (Wildman–Crippen LogP) is 6.15. The lowest BCUT2D eigenvalue weighted by Crippen LogP contribution is -2.43. The molecule has 0 atom stereocenters. The first kappa shape index (κ1) is 21.0. The van der Waals surface area contributed by atoms with E-state index in [0.717, 1.165) is 19.6 Å². The SMILES string of the molecule is CC(C)(Cl)C(C)(C)CN(Cc1ccccc1)Cc1ccccc1.Cl. The molecule has 0 aromatic heterocycles. The van der Waals surface area contributed by atoms with E-state index in [1.54, 1.807) is 0 Å².